The van der Waals surface area contributed by atoms with Crippen LogP contribution in [0.3, 0.4) is 0 Å². The molecule has 98 valence electrons. The van der Waals surface area contributed by atoms with E-state index in [4.69, 9.17) is 29.6 Å². The predicted molar refractivity (Wildman–Crippen MR) is 86.5 cm³/mol. The molecule has 0 atom stereocenters. The summed E-state index contributed by atoms with van der Waals surface area (Å²) < 4.78 is 0. The van der Waals surface area contributed by atoms with Crippen molar-refractivity contribution in [3.63, 3.8) is 0 Å². The Morgan fingerprint density at radius 2 is 1.89 bits per heavy atom. The number of aryl methyl sites for hydroxylation is 2. The smallest absolute Gasteiger partial charge is 0.104 e. The van der Waals surface area contributed by atoms with Crippen molar-refractivity contribution in [3.8, 4) is 0 Å². The number of rotatable bonds is 3. The van der Waals surface area contributed by atoms with E-state index in [0.717, 1.165) is 28.1 Å². The van der Waals surface area contributed by atoms with Gasteiger partial charge in [-0.3, -0.25) is 0 Å². The topological polar surface area (TPSA) is 38.0 Å². The molecule has 0 aliphatic rings. The van der Waals surface area contributed by atoms with E-state index in [1.165, 1.54) is 0 Å². The highest BCUT2D eigenvalue weighted by Gasteiger charge is 2.05. The van der Waals surface area contributed by atoms with Crippen molar-refractivity contribution in [2.75, 3.05) is 5.32 Å². The molecule has 2 aromatic rings. The highest BCUT2D eigenvalue weighted by molar-refractivity contribution is 7.80. The third-order valence-corrected chi connectivity index (χ3v) is 3.43. The van der Waals surface area contributed by atoms with Crippen molar-refractivity contribution < 1.29 is 0 Å². The maximum Gasteiger partial charge on any atom is 0.104 e. The summed E-state index contributed by atoms with van der Waals surface area (Å²) in [6.07, 6.45) is 0. The Kier molecular flexibility index (Phi) is 4.08. The molecule has 0 saturated carbocycles. The lowest BCUT2D eigenvalue weighted by atomic mass is 10.1. The molecule has 2 nitrogen and oxygen atoms in total. The summed E-state index contributed by atoms with van der Waals surface area (Å²) in [6.45, 7) is 3.99. The molecular formula is C15H15ClN2S. The van der Waals surface area contributed by atoms with Crippen LogP contribution in [0.2, 0.25) is 5.02 Å². The van der Waals surface area contributed by atoms with Crippen molar-refractivity contribution in [2.45, 2.75) is 13.8 Å². The van der Waals surface area contributed by atoms with Gasteiger partial charge in [-0.25, -0.2) is 0 Å². The van der Waals surface area contributed by atoms with E-state index < -0.39 is 0 Å². The minimum absolute atomic E-state index is 0.414. The molecular weight excluding hydrogens is 276 g/mol. The first-order chi connectivity index (χ1) is 8.97. The fraction of sp³-hybridized carbons (Fsp3) is 0.133. The second-order valence-corrected chi connectivity index (χ2v) is 5.35. The summed E-state index contributed by atoms with van der Waals surface area (Å²) in [5.41, 5.74) is 10.6. The monoisotopic (exact) mass is 290 g/mol. The molecule has 0 radical (unpaired) electrons. The lowest BCUT2D eigenvalue weighted by Crippen LogP contribution is -2.11. The van der Waals surface area contributed by atoms with Gasteiger partial charge in [-0.1, -0.05) is 29.9 Å². The van der Waals surface area contributed by atoms with E-state index >= 15 is 0 Å². The fourth-order valence-electron chi connectivity index (χ4n) is 1.89. The largest absolute Gasteiger partial charge is 0.389 e. The summed E-state index contributed by atoms with van der Waals surface area (Å²) in [7, 11) is 0. The zero-order valence-electron chi connectivity index (χ0n) is 10.8. The highest BCUT2D eigenvalue weighted by atomic mass is 35.5. The second-order valence-electron chi connectivity index (χ2n) is 4.50. The average molecular weight is 291 g/mol. The summed E-state index contributed by atoms with van der Waals surface area (Å²) >= 11 is 11.2. The maximum atomic E-state index is 6.20. The molecule has 19 heavy (non-hydrogen) atoms. The van der Waals surface area contributed by atoms with E-state index in [-0.39, 0.29) is 0 Å². The predicted octanol–water partition coefficient (Wildman–Crippen LogP) is 4.33. The molecule has 3 N–H and O–H groups in total. The van der Waals surface area contributed by atoms with Gasteiger partial charge in [-0.2, -0.15) is 0 Å². The van der Waals surface area contributed by atoms with E-state index in [2.05, 4.69) is 5.32 Å². The van der Waals surface area contributed by atoms with Crippen LogP contribution in [0.5, 0.6) is 0 Å². The Bertz CT molecular complexity index is 638. The quantitative estimate of drug-likeness (QED) is 0.826. The zero-order chi connectivity index (χ0) is 14.0. The van der Waals surface area contributed by atoms with Crippen molar-refractivity contribution in [1.82, 2.24) is 0 Å². The molecule has 0 amide bonds. The van der Waals surface area contributed by atoms with Gasteiger partial charge in [-0.15, -0.1) is 0 Å². The van der Waals surface area contributed by atoms with Crippen LogP contribution in [0, 0.1) is 13.8 Å². The molecule has 0 aromatic heterocycles. The maximum absolute atomic E-state index is 6.20. The van der Waals surface area contributed by atoms with Gasteiger partial charge in [0, 0.05) is 11.3 Å². The number of anilines is 2. The van der Waals surface area contributed by atoms with Crippen molar-refractivity contribution >= 4 is 40.2 Å². The third-order valence-electron chi connectivity index (χ3n) is 2.90. The van der Waals surface area contributed by atoms with Crippen molar-refractivity contribution in [3.05, 3.63) is 58.1 Å². The molecule has 0 heterocycles. The van der Waals surface area contributed by atoms with Gasteiger partial charge in [0.1, 0.15) is 4.99 Å². The number of nitrogens with one attached hydrogen (secondary N) is 1. The van der Waals surface area contributed by atoms with Crippen LogP contribution in [-0.4, -0.2) is 4.99 Å². The van der Waals surface area contributed by atoms with Crippen molar-refractivity contribution in [1.29, 1.82) is 0 Å². The normalized spacial score (nSPS) is 10.3. The molecule has 0 unspecified atom stereocenters. The second kappa shape index (κ2) is 5.59. The number of hydrogen-bond donors (Lipinski definition) is 2. The molecule has 0 bridgehead atoms. The Morgan fingerprint density at radius 3 is 2.47 bits per heavy atom. The van der Waals surface area contributed by atoms with E-state index in [1.54, 1.807) is 0 Å². The summed E-state index contributed by atoms with van der Waals surface area (Å²) in [5, 5.41) is 4.00. The average Bonchev–Trinajstić information content (AvgIpc) is 2.32. The van der Waals surface area contributed by atoms with E-state index in [9.17, 15) is 0 Å². The summed E-state index contributed by atoms with van der Waals surface area (Å²) in [4.78, 5) is 0.414. The first-order valence-corrected chi connectivity index (χ1v) is 6.69. The van der Waals surface area contributed by atoms with Gasteiger partial charge in [0.25, 0.3) is 0 Å². The number of halogens is 1. The Labute approximate surface area is 123 Å². The number of hydrogen-bond acceptors (Lipinski definition) is 2. The Balaban J connectivity index is 2.29. The fourth-order valence-corrected chi connectivity index (χ4v) is 2.41. The summed E-state index contributed by atoms with van der Waals surface area (Å²) in [6, 6.07) is 11.8. The minimum atomic E-state index is 0.414. The van der Waals surface area contributed by atoms with Gasteiger partial charge < -0.3 is 11.1 Å². The zero-order valence-corrected chi connectivity index (χ0v) is 12.4. The highest BCUT2D eigenvalue weighted by Crippen LogP contribution is 2.27. The molecule has 0 spiro atoms. The van der Waals surface area contributed by atoms with Gasteiger partial charge >= 0.3 is 0 Å². The van der Waals surface area contributed by atoms with Crippen molar-refractivity contribution in [2.24, 2.45) is 5.73 Å². The van der Waals surface area contributed by atoms with Crippen LogP contribution in [0.4, 0.5) is 11.4 Å². The molecule has 2 rings (SSSR count). The van der Waals surface area contributed by atoms with Crippen LogP contribution >= 0.6 is 23.8 Å². The number of thiocarbonyl (C=S) groups is 1. The van der Waals surface area contributed by atoms with Crippen LogP contribution in [0.1, 0.15) is 16.7 Å². The SMILES string of the molecule is Cc1ccc(Nc2ccc(C(N)=S)c(C)c2)c(Cl)c1. The minimum Gasteiger partial charge on any atom is -0.389 e. The van der Waals surface area contributed by atoms with Gasteiger partial charge in [0.15, 0.2) is 0 Å². The van der Waals surface area contributed by atoms with Gasteiger partial charge in [-0.05, 0) is 55.3 Å². The van der Waals surface area contributed by atoms with Gasteiger partial charge in [0.2, 0.25) is 0 Å². The standard InChI is InChI=1S/C15H15ClN2S/c1-9-3-6-14(13(16)7-9)18-11-4-5-12(15(17)19)10(2)8-11/h3-8,18H,1-2H3,(H2,17,19). The van der Waals surface area contributed by atoms with E-state index in [0.29, 0.717) is 10.0 Å². The van der Waals surface area contributed by atoms with Crippen LogP contribution in [-0.2, 0) is 0 Å². The van der Waals surface area contributed by atoms with Crippen LogP contribution in [0.15, 0.2) is 36.4 Å². The Hall–Kier alpha value is -1.58. The summed E-state index contributed by atoms with van der Waals surface area (Å²) in [5.74, 6) is 0. The first-order valence-electron chi connectivity index (χ1n) is 5.91. The van der Waals surface area contributed by atoms with E-state index in [1.807, 2.05) is 50.2 Å². The third kappa shape index (κ3) is 3.25. The lowest BCUT2D eigenvalue weighted by Gasteiger charge is -2.11. The first kappa shape index (κ1) is 13.8. The molecule has 0 fully saturated rings. The Morgan fingerprint density at radius 1 is 1.16 bits per heavy atom. The lowest BCUT2D eigenvalue weighted by molar-refractivity contribution is 1.41. The van der Waals surface area contributed by atoms with Crippen LogP contribution < -0.4 is 11.1 Å². The molecule has 0 aliphatic carbocycles. The van der Waals surface area contributed by atoms with Crippen LogP contribution in [0.25, 0.3) is 0 Å². The number of nitrogens with two attached hydrogens (primary N) is 1. The van der Waals surface area contributed by atoms with Gasteiger partial charge in [0.05, 0.1) is 10.7 Å². The molecule has 4 heteroatoms. The molecule has 0 saturated heterocycles. The molecule has 2 aromatic carbocycles. The number of benzene rings is 2. The molecule has 0 aliphatic heterocycles.